The van der Waals surface area contributed by atoms with Gasteiger partial charge in [-0.1, -0.05) is 20.3 Å². The number of carboxylic acids is 1. The lowest BCUT2D eigenvalue weighted by Gasteiger charge is -2.34. The molecule has 1 aromatic heterocycles. The normalized spacial score (nSPS) is 21.2. The number of pyridine rings is 1. The number of amides is 1. The Labute approximate surface area is 118 Å². The van der Waals surface area contributed by atoms with E-state index in [1.807, 2.05) is 0 Å². The van der Waals surface area contributed by atoms with Gasteiger partial charge in [0.1, 0.15) is 5.82 Å². The molecule has 1 amide bonds. The van der Waals surface area contributed by atoms with Crippen LogP contribution in [0.3, 0.4) is 0 Å². The van der Waals surface area contributed by atoms with Crippen LogP contribution in [0.4, 0.5) is 5.82 Å². The first-order valence-electron chi connectivity index (χ1n) is 6.88. The summed E-state index contributed by atoms with van der Waals surface area (Å²) in [5.74, 6) is -0.804. The second-order valence-electron chi connectivity index (χ2n) is 6.18. The van der Waals surface area contributed by atoms with Gasteiger partial charge in [-0.3, -0.25) is 4.79 Å². The van der Waals surface area contributed by atoms with E-state index in [-0.39, 0.29) is 22.8 Å². The Morgan fingerprint density at radius 1 is 1.45 bits per heavy atom. The summed E-state index contributed by atoms with van der Waals surface area (Å²) in [6, 6.07) is 2.79. The number of hydrogen-bond donors (Lipinski definition) is 2. The minimum atomic E-state index is -1.03. The van der Waals surface area contributed by atoms with Crippen molar-refractivity contribution in [3.8, 4) is 0 Å². The van der Waals surface area contributed by atoms with Gasteiger partial charge in [0.25, 0.3) is 0 Å². The Bertz CT molecular complexity index is 526. The third-order valence-corrected chi connectivity index (χ3v) is 3.83. The maximum absolute atomic E-state index is 12.2. The van der Waals surface area contributed by atoms with Gasteiger partial charge < -0.3 is 10.4 Å². The molecule has 0 aromatic carbocycles. The van der Waals surface area contributed by atoms with Crippen LogP contribution in [0.15, 0.2) is 18.3 Å². The van der Waals surface area contributed by atoms with E-state index in [2.05, 4.69) is 24.1 Å². The lowest BCUT2D eigenvalue weighted by Crippen LogP contribution is -2.31. The first-order chi connectivity index (χ1) is 9.37. The molecule has 1 aliphatic carbocycles. The summed E-state index contributed by atoms with van der Waals surface area (Å²) in [4.78, 5) is 27.1. The van der Waals surface area contributed by atoms with Gasteiger partial charge in [-0.15, -0.1) is 0 Å². The van der Waals surface area contributed by atoms with E-state index in [0.717, 1.165) is 25.7 Å². The molecule has 2 N–H and O–H groups in total. The fourth-order valence-electron chi connectivity index (χ4n) is 2.78. The maximum atomic E-state index is 12.2. The largest absolute Gasteiger partial charge is 0.478 e. The molecule has 108 valence electrons. The predicted octanol–water partition coefficient (Wildman–Crippen LogP) is 2.93. The van der Waals surface area contributed by atoms with Crippen LogP contribution in [0.25, 0.3) is 0 Å². The summed E-state index contributed by atoms with van der Waals surface area (Å²) in [5.41, 5.74) is 0.315. The molecule has 1 saturated carbocycles. The second kappa shape index (κ2) is 5.61. The van der Waals surface area contributed by atoms with Crippen molar-refractivity contribution in [3.63, 3.8) is 0 Å². The second-order valence-corrected chi connectivity index (χ2v) is 6.18. The number of aromatic carboxylic acids is 1. The zero-order valence-electron chi connectivity index (χ0n) is 11.8. The van der Waals surface area contributed by atoms with Gasteiger partial charge in [-0.05, 0) is 36.8 Å². The van der Waals surface area contributed by atoms with Gasteiger partial charge in [0.05, 0.1) is 5.56 Å². The first-order valence-corrected chi connectivity index (χ1v) is 6.88. The van der Waals surface area contributed by atoms with Crippen molar-refractivity contribution in [1.29, 1.82) is 0 Å². The van der Waals surface area contributed by atoms with Gasteiger partial charge in [0.2, 0.25) is 5.91 Å². The minimum absolute atomic E-state index is 0.0194. The van der Waals surface area contributed by atoms with Crippen LogP contribution >= 0.6 is 0 Å². The highest BCUT2D eigenvalue weighted by atomic mass is 16.4. The van der Waals surface area contributed by atoms with Crippen LogP contribution in [0.5, 0.6) is 0 Å². The predicted molar refractivity (Wildman–Crippen MR) is 75.6 cm³/mol. The number of nitrogens with one attached hydrogen (secondary N) is 1. The Morgan fingerprint density at radius 2 is 2.20 bits per heavy atom. The van der Waals surface area contributed by atoms with E-state index in [4.69, 9.17) is 5.11 Å². The van der Waals surface area contributed by atoms with Crippen molar-refractivity contribution in [2.45, 2.75) is 39.5 Å². The van der Waals surface area contributed by atoms with Crippen molar-refractivity contribution < 1.29 is 14.7 Å². The molecule has 1 fully saturated rings. The first kappa shape index (κ1) is 14.5. The molecule has 5 nitrogen and oxygen atoms in total. The van der Waals surface area contributed by atoms with Crippen molar-refractivity contribution in [2.75, 3.05) is 5.32 Å². The maximum Gasteiger partial charge on any atom is 0.335 e. The number of carbonyl (C=O) groups excluding carboxylic acids is 1. The number of rotatable bonds is 3. The standard InChI is InChI=1S/C15H20N2O3/c1-15(2)6-3-4-11(9-15)13(18)17-12-8-10(14(19)20)5-7-16-12/h5,7-8,11H,3-4,6,9H2,1-2H3,(H,19,20)(H,16,17,18). The summed E-state index contributed by atoms with van der Waals surface area (Å²) >= 11 is 0. The molecular formula is C15H20N2O3. The van der Waals surface area contributed by atoms with Crippen LogP contribution in [0, 0.1) is 11.3 Å². The molecule has 1 heterocycles. The smallest absolute Gasteiger partial charge is 0.335 e. The molecule has 0 radical (unpaired) electrons. The van der Waals surface area contributed by atoms with Gasteiger partial charge in [0.15, 0.2) is 0 Å². The molecule has 0 spiro atoms. The average Bonchev–Trinajstić information content (AvgIpc) is 2.37. The number of hydrogen-bond acceptors (Lipinski definition) is 3. The van der Waals surface area contributed by atoms with E-state index in [1.165, 1.54) is 18.3 Å². The Kier molecular flexibility index (Phi) is 4.06. The number of nitrogens with zero attached hydrogens (tertiary/aromatic N) is 1. The van der Waals surface area contributed by atoms with Crippen LogP contribution in [0.1, 0.15) is 49.9 Å². The summed E-state index contributed by atoms with van der Waals surface area (Å²) in [5, 5.41) is 11.7. The molecule has 1 aromatic rings. The molecule has 0 bridgehead atoms. The fourth-order valence-corrected chi connectivity index (χ4v) is 2.78. The molecule has 1 unspecified atom stereocenters. The number of anilines is 1. The van der Waals surface area contributed by atoms with Crippen LogP contribution in [-0.4, -0.2) is 22.0 Å². The Hall–Kier alpha value is -1.91. The molecule has 0 saturated heterocycles. The number of aromatic nitrogens is 1. The van der Waals surface area contributed by atoms with Crippen LogP contribution in [0.2, 0.25) is 0 Å². The highest BCUT2D eigenvalue weighted by molar-refractivity contribution is 5.94. The molecule has 1 aliphatic rings. The van der Waals surface area contributed by atoms with E-state index >= 15 is 0 Å². The quantitative estimate of drug-likeness (QED) is 0.889. The van der Waals surface area contributed by atoms with E-state index in [9.17, 15) is 9.59 Å². The highest BCUT2D eigenvalue weighted by Gasteiger charge is 2.32. The van der Waals surface area contributed by atoms with Crippen molar-refractivity contribution in [1.82, 2.24) is 4.98 Å². The van der Waals surface area contributed by atoms with E-state index < -0.39 is 5.97 Å². The monoisotopic (exact) mass is 276 g/mol. The molecule has 0 aliphatic heterocycles. The molecule has 5 heteroatoms. The van der Waals surface area contributed by atoms with Gasteiger partial charge in [-0.25, -0.2) is 9.78 Å². The van der Waals surface area contributed by atoms with Crippen molar-refractivity contribution >= 4 is 17.7 Å². The van der Waals surface area contributed by atoms with E-state index in [1.54, 1.807) is 0 Å². The SMILES string of the molecule is CC1(C)CCCC(C(=O)Nc2cc(C(=O)O)ccn2)C1. The highest BCUT2D eigenvalue weighted by Crippen LogP contribution is 2.38. The number of carbonyl (C=O) groups is 2. The summed E-state index contributed by atoms with van der Waals surface area (Å²) in [7, 11) is 0. The minimum Gasteiger partial charge on any atom is -0.478 e. The van der Waals surface area contributed by atoms with Crippen LogP contribution < -0.4 is 5.32 Å². The van der Waals surface area contributed by atoms with Gasteiger partial charge in [-0.2, -0.15) is 0 Å². The summed E-state index contributed by atoms with van der Waals surface area (Å²) in [6.45, 7) is 4.35. The fraction of sp³-hybridized carbons (Fsp3) is 0.533. The van der Waals surface area contributed by atoms with E-state index in [0.29, 0.717) is 5.82 Å². The molecule has 20 heavy (non-hydrogen) atoms. The van der Waals surface area contributed by atoms with Crippen molar-refractivity contribution in [2.24, 2.45) is 11.3 Å². The summed E-state index contributed by atoms with van der Waals surface area (Å²) < 4.78 is 0. The average molecular weight is 276 g/mol. The zero-order chi connectivity index (χ0) is 14.8. The molecule has 2 rings (SSSR count). The van der Waals surface area contributed by atoms with Crippen molar-refractivity contribution in [3.05, 3.63) is 23.9 Å². The van der Waals surface area contributed by atoms with Gasteiger partial charge in [0, 0.05) is 12.1 Å². The summed E-state index contributed by atoms with van der Waals surface area (Å²) in [6.07, 6.45) is 5.33. The topological polar surface area (TPSA) is 79.3 Å². The molecule has 1 atom stereocenters. The lowest BCUT2D eigenvalue weighted by atomic mass is 9.72. The molecular weight excluding hydrogens is 256 g/mol. The Morgan fingerprint density at radius 3 is 2.85 bits per heavy atom. The number of carboxylic acid groups (broad SMARTS) is 1. The lowest BCUT2D eigenvalue weighted by molar-refractivity contribution is -0.122. The third-order valence-electron chi connectivity index (χ3n) is 3.83. The Balaban J connectivity index is 2.04. The third kappa shape index (κ3) is 3.56. The zero-order valence-corrected chi connectivity index (χ0v) is 11.8. The van der Waals surface area contributed by atoms with Gasteiger partial charge >= 0.3 is 5.97 Å². The van der Waals surface area contributed by atoms with Crippen LogP contribution in [-0.2, 0) is 4.79 Å².